The van der Waals surface area contributed by atoms with E-state index < -0.39 is 4.92 Å². The van der Waals surface area contributed by atoms with Crippen molar-refractivity contribution < 1.29 is 14.5 Å². The Labute approximate surface area is 147 Å². The van der Waals surface area contributed by atoms with E-state index in [9.17, 15) is 14.9 Å². The number of nitrogens with zero attached hydrogens (tertiary/aromatic N) is 1. The average molecular weight is 344 g/mol. The minimum atomic E-state index is -0.492. The van der Waals surface area contributed by atoms with Crippen LogP contribution in [-0.4, -0.2) is 17.9 Å². The lowest BCUT2D eigenvalue weighted by molar-refractivity contribution is -0.385. The van der Waals surface area contributed by atoms with E-state index in [0.717, 1.165) is 17.8 Å². The van der Waals surface area contributed by atoms with E-state index in [4.69, 9.17) is 4.74 Å². The molecule has 0 heterocycles. The molecule has 0 unspecified atom stereocenters. The zero-order valence-corrected chi connectivity index (χ0v) is 14.5. The van der Waals surface area contributed by atoms with Crippen molar-refractivity contribution in [3.63, 3.8) is 0 Å². The standard InChI is InChI=1S/C19H24N2O4/c1-25-17-3-2-15(7-16(17)21(23)24)20-18(22)11-19-8-12-4-13(9-19)6-14(5-12)10-19/h2-3,7,12-14H,4-6,8-11H2,1H3,(H,20,22). The summed E-state index contributed by atoms with van der Waals surface area (Å²) in [5, 5.41) is 14.0. The van der Waals surface area contributed by atoms with Crippen LogP contribution >= 0.6 is 0 Å². The van der Waals surface area contributed by atoms with Gasteiger partial charge in [0.15, 0.2) is 5.75 Å². The highest BCUT2D eigenvalue weighted by Crippen LogP contribution is 2.61. The fraction of sp³-hybridized carbons (Fsp3) is 0.632. The van der Waals surface area contributed by atoms with Crippen molar-refractivity contribution in [2.75, 3.05) is 12.4 Å². The molecule has 0 aromatic heterocycles. The molecule has 6 nitrogen and oxygen atoms in total. The maximum absolute atomic E-state index is 12.6. The summed E-state index contributed by atoms with van der Waals surface area (Å²) in [5.41, 5.74) is 0.495. The van der Waals surface area contributed by atoms with Gasteiger partial charge in [0.25, 0.3) is 0 Å². The molecule has 4 aliphatic carbocycles. The number of hydrogen-bond acceptors (Lipinski definition) is 4. The van der Waals surface area contributed by atoms with Crippen LogP contribution in [0.25, 0.3) is 0 Å². The first-order valence-corrected chi connectivity index (χ1v) is 9.09. The minimum absolute atomic E-state index is 0.0265. The molecule has 0 saturated heterocycles. The zero-order valence-electron chi connectivity index (χ0n) is 14.5. The molecule has 0 aliphatic heterocycles. The predicted molar refractivity (Wildman–Crippen MR) is 93.5 cm³/mol. The van der Waals surface area contributed by atoms with Gasteiger partial charge >= 0.3 is 5.69 Å². The number of rotatable bonds is 5. The number of amides is 1. The van der Waals surface area contributed by atoms with Crippen molar-refractivity contribution in [2.45, 2.75) is 44.9 Å². The first-order valence-electron chi connectivity index (χ1n) is 9.09. The molecule has 4 bridgehead atoms. The van der Waals surface area contributed by atoms with E-state index in [0.29, 0.717) is 12.1 Å². The summed E-state index contributed by atoms with van der Waals surface area (Å²) in [6.45, 7) is 0. The second-order valence-electron chi connectivity index (χ2n) is 8.29. The number of hydrogen-bond donors (Lipinski definition) is 1. The van der Waals surface area contributed by atoms with Crippen LogP contribution in [-0.2, 0) is 4.79 Å². The van der Waals surface area contributed by atoms with E-state index in [1.807, 2.05) is 0 Å². The van der Waals surface area contributed by atoms with Crippen LogP contribution in [0.5, 0.6) is 5.75 Å². The third kappa shape index (κ3) is 3.10. The fourth-order valence-corrected chi connectivity index (χ4v) is 5.96. The summed E-state index contributed by atoms with van der Waals surface area (Å²) in [4.78, 5) is 23.3. The van der Waals surface area contributed by atoms with Gasteiger partial charge in [-0.2, -0.15) is 0 Å². The number of nitro groups is 1. The lowest BCUT2D eigenvalue weighted by Crippen LogP contribution is -2.47. The van der Waals surface area contributed by atoms with Gasteiger partial charge in [0, 0.05) is 18.2 Å². The largest absolute Gasteiger partial charge is 0.490 e. The number of methoxy groups -OCH3 is 1. The van der Waals surface area contributed by atoms with Gasteiger partial charge in [-0.25, -0.2) is 0 Å². The van der Waals surface area contributed by atoms with Crippen molar-refractivity contribution >= 4 is 17.3 Å². The smallest absolute Gasteiger partial charge is 0.312 e. The molecule has 1 N–H and O–H groups in total. The molecule has 25 heavy (non-hydrogen) atoms. The lowest BCUT2D eigenvalue weighted by atomic mass is 9.49. The van der Waals surface area contributed by atoms with Gasteiger partial charge in [0.1, 0.15) is 0 Å². The monoisotopic (exact) mass is 344 g/mol. The van der Waals surface area contributed by atoms with Crippen LogP contribution in [0.2, 0.25) is 0 Å². The normalized spacial score (nSPS) is 32.4. The van der Waals surface area contributed by atoms with Crippen LogP contribution in [0.3, 0.4) is 0 Å². The highest BCUT2D eigenvalue weighted by molar-refractivity contribution is 5.91. The maximum atomic E-state index is 12.6. The minimum Gasteiger partial charge on any atom is -0.490 e. The molecular weight excluding hydrogens is 320 g/mol. The van der Waals surface area contributed by atoms with Gasteiger partial charge < -0.3 is 10.1 Å². The fourth-order valence-electron chi connectivity index (χ4n) is 5.96. The first-order chi connectivity index (χ1) is 12.0. The van der Waals surface area contributed by atoms with E-state index in [1.54, 1.807) is 6.07 Å². The Morgan fingerprint density at radius 2 is 1.84 bits per heavy atom. The van der Waals surface area contributed by atoms with Gasteiger partial charge in [-0.15, -0.1) is 0 Å². The Kier molecular flexibility index (Phi) is 3.93. The third-order valence-electron chi connectivity index (χ3n) is 6.36. The molecule has 5 rings (SSSR count). The molecule has 134 valence electrons. The number of carbonyl (C=O) groups excluding carboxylic acids is 1. The topological polar surface area (TPSA) is 81.5 Å². The molecule has 1 amide bonds. The molecule has 4 aliphatic rings. The van der Waals surface area contributed by atoms with Crippen molar-refractivity contribution in [3.05, 3.63) is 28.3 Å². The Morgan fingerprint density at radius 1 is 1.24 bits per heavy atom. The first kappa shape index (κ1) is 16.4. The zero-order chi connectivity index (χ0) is 17.6. The van der Waals surface area contributed by atoms with Crippen molar-refractivity contribution in [3.8, 4) is 5.75 Å². The van der Waals surface area contributed by atoms with Crippen LogP contribution in [0.1, 0.15) is 44.9 Å². The maximum Gasteiger partial charge on any atom is 0.312 e. The number of nitro benzene ring substituents is 1. The number of anilines is 1. The van der Waals surface area contributed by atoms with Gasteiger partial charge in [0.05, 0.1) is 12.0 Å². The second kappa shape index (κ2) is 6.00. The molecule has 0 radical (unpaired) electrons. The van der Waals surface area contributed by atoms with Crippen molar-refractivity contribution in [1.29, 1.82) is 0 Å². The summed E-state index contributed by atoms with van der Waals surface area (Å²) < 4.78 is 5.00. The van der Waals surface area contributed by atoms with E-state index in [2.05, 4.69) is 5.32 Å². The average Bonchev–Trinajstić information content (AvgIpc) is 2.52. The van der Waals surface area contributed by atoms with E-state index in [-0.39, 0.29) is 22.8 Å². The third-order valence-corrected chi connectivity index (χ3v) is 6.36. The van der Waals surface area contributed by atoms with Gasteiger partial charge in [-0.05, 0) is 73.8 Å². The summed E-state index contributed by atoms with van der Waals surface area (Å²) in [7, 11) is 1.40. The number of nitrogens with one attached hydrogen (secondary N) is 1. The van der Waals surface area contributed by atoms with E-state index in [1.165, 1.54) is 57.8 Å². The number of carbonyl (C=O) groups is 1. The SMILES string of the molecule is COc1ccc(NC(=O)CC23CC4CC(CC(C4)C2)C3)cc1[N+](=O)[O-]. The van der Waals surface area contributed by atoms with Crippen LogP contribution < -0.4 is 10.1 Å². The molecule has 6 heteroatoms. The molecule has 0 spiro atoms. The molecule has 1 aromatic rings. The Balaban J connectivity index is 1.46. The molecule has 1 aromatic carbocycles. The molecule has 4 saturated carbocycles. The summed E-state index contributed by atoms with van der Waals surface area (Å²) in [6.07, 6.45) is 8.12. The van der Waals surface area contributed by atoms with Gasteiger partial charge in [-0.1, -0.05) is 0 Å². The van der Waals surface area contributed by atoms with Crippen molar-refractivity contribution in [2.24, 2.45) is 23.2 Å². The Bertz CT molecular complexity index is 680. The number of benzene rings is 1. The van der Waals surface area contributed by atoms with Gasteiger partial charge in [-0.3, -0.25) is 14.9 Å². The Morgan fingerprint density at radius 3 is 2.36 bits per heavy atom. The van der Waals surface area contributed by atoms with Crippen molar-refractivity contribution in [1.82, 2.24) is 0 Å². The highest BCUT2D eigenvalue weighted by Gasteiger charge is 2.51. The van der Waals surface area contributed by atoms with Crippen LogP contribution in [0.15, 0.2) is 18.2 Å². The van der Waals surface area contributed by atoms with Gasteiger partial charge in [0.2, 0.25) is 5.91 Å². The molecule has 4 fully saturated rings. The lowest BCUT2D eigenvalue weighted by Gasteiger charge is -2.56. The van der Waals surface area contributed by atoms with E-state index >= 15 is 0 Å². The summed E-state index contributed by atoms with van der Waals surface area (Å²) >= 11 is 0. The second-order valence-corrected chi connectivity index (χ2v) is 8.29. The molecule has 0 atom stereocenters. The Hall–Kier alpha value is -2.11. The highest BCUT2D eigenvalue weighted by atomic mass is 16.6. The molecular formula is C19H24N2O4. The quantitative estimate of drug-likeness (QED) is 0.642. The summed E-state index contributed by atoms with van der Waals surface area (Å²) in [5.74, 6) is 2.59. The van der Waals surface area contributed by atoms with Crippen LogP contribution in [0, 0.1) is 33.3 Å². The predicted octanol–water partition coefficient (Wildman–Crippen LogP) is 4.15. The van der Waals surface area contributed by atoms with Crippen LogP contribution in [0.4, 0.5) is 11.4 Å². The number of ether oxygens (including phenoxy) is 1. The summed E-state index contributed by atoms with van der Waals surface area (Å²) in [6, 6.07) is 4.55.